The molecule has 0 aromatic carbocycles. The molecule has 0 bridgehead atoms. The number of carbonyl (C=O) groups is 1. The van der Waals surface area contributed by atoms with Crippen LogP contribution < -0.4 is 5.32 Å². The Kier molecular flexibility index (Phi) is 14.7. The van der Waals surface area contributed by atoms with Crippen LogP contribution in [-0.2, 0) is 15.9 Å². The van der Waals surface area contributed by atoms with E-state index in [1.54, 1.807) is 7.05 Å². The van der Waals surface area contributed by atoms with Gasteiger partial charge in [0, 0.05) is 31.8 Å². The number of carbonyl (C=O) groups excluding carboxylic acids is 1. The molecule has 7 heteroatoms. The minimum absolute atomic E-state index is 0.0651. The molecule has 0 rings (SSSR count). The topological polar surface area (TPSA) is 92.7 Å². The Morgan fingerprint density at radius 1 is 1.17 bits per heavy atom. The molecule has 1 amide bonds. The molecule has 138 valence electrons. The lowest BCUT2D eigenvalue weighted by atomic mass is 10.1. The third-order valence-electron chi connectivity index (χ3n) is 3.79. The predicted molar refractivity (Wildman–Crippen MR) is 92.0 cm³/mol. The van der Waals surface area contributed by atoms with Gasteiger partial charge in [-0.25, -0.2) is 0 Å². The Hall–Kier alpha value is -0.500. The Bertz CT molecular complexity index is 327. The van der Waals surface area contributed by atoms with Crippen molar-refractivity contribution < 1.29 is 18.8 Å². The second kappa shape index (κ2) is 15.1. The number of unbranched alkanes of at least 4 members (excludes halogenated alkanes) is 4. The lowest BCUT2D eigenvalue weighted by Crippen LogP contribution is -2.26. The van der Waals surface area contributed by atoms with E-state index in [1.807, 2.05) is 6.92 Å². The summed E-state index contributed by atoms with van der Waals surface area (Å²) < 4.78 is 22.0. The first kappa shape index (κ1) is 22.5. The second-order valence-electron chi connectivity index (χ2n) is 6.06. The molecule has 0 heterocycles. The molecule has 0 fully saturated rings. The number of nitrogens with zero attached hydrogens (tertiary/aromatic N) is 1. The van der Waals surface area contributed by atoms with Crippen molar-refractivity contribution in [1.29, 1.82) is 0 Å². The number of hydroxylamine groups is 2. The summed E-state index contributed by atoms with van der Waals surface area (Å²) in [4.78, 5) is 11.6. The summed E-state index contributed by atoms with van der Waals surface area (Å²) in [6.07, 6.45) is 8.59. The maximum Gasteiger partial charge on any atom is 0.219 e. The van der Waals surface area contributed by atoms with Crippen LogP contribution in [0.2, 0.25) is 0 Å². The highest BCUT2D eigenvalue weighted by Gasteiger charge is 2.07. The quantitative estimate of drug-likeness (QED) is 0.269. The summed E-state index contributed by atoms with van der Waals surface area (Å²) in [6, 6.07) is 0. The van der Waals surface area contributed by atoms with E-state index in [0.29, 0.717) is 19.5 Å². The summed E-state index contributed by atoms with van der Waals surface area (Å²) in [6.45, 7) is 3.15. The SMILES string of the molecule is CCCC(CCCCCCCC(=O)NCCCN(C)O)S(=O)[O-]. The molecule has 0 aromatic rings. The van der Waals surface area contributed by atoms with Crippen LogP contribution in [0.1, 0.15) is 71.1 Å². The summed E-state index contributed by atoms with van der Waals surface area (Å²) in [7, 11) is 1.58. The average Bonchev–Trinajstić information content (AvgIpc) is 2.49. The zero-order chi connectivity index (χ0) is 17.5. The van der Waals surface area contributed by atoms with E-state index in [1.165, 1.54) is 0 Å². The van der Waals surface area contributed by atoms with E-state index in [2.05, 4.69) is 5.32 Å². The van der Waals surface area contributed by atoms with Crippen molar-refractivity contribution in [3.8, 4) is 0 Å². The van der Waals surface area contributed by atoms with Crippen molar-refractivity contribution in [3.05, 3.63) is 0 Å². The van der Waals surface area contributed by atoms with E-state index in [4.69, 9.17) is 5.21 Å². The molecular weight excluding hydrogens is 316 g/mol. The fourth-order valence-electron chi connectivity index (χ4n) is 2.47. The van der Waals surface area contributed by atoms with E-state index in [9.17, 15) is 13.6 Å². The fraction of sp³-hybridized carbons (Fsp3) is 0.938. The van der Waals surface area contributed by atoms with Crippen LogP contribution in [-0.4, -0.2) is 50.3 Å². The summed E-state index contributed by atoms with van der Waals surface area (Å²) in [5.41, 5.74) is 0. The highest BCUT2D eigenvalue weighted by Crippen LogP contribution is 2.14. The molecule has 0 aliphatic heterocycles. The maximum absolute atomic E-state index is 11.6. The van der Waals surface area contributed by atoms with Crippen LogP contribution in [0.3, 0.4) is 0 Å². The molecule has 0 spiro atoms. The first-order chi connectivity index (χ1) is 11.0. The van der Waals surface area contributed by atoms with Crippen LogP contribution in [0, 0.1) is 0 Å². The van der Waals surface area contributed by atoms with Gasteiger partial charge in [-0.1, -0.05) is 50.1 Å². The first-order valence-corrected chi connectivity index (χ1v) is 9.86. The van der Waals surface area contributed by atoms with Gasteiger partial charge in [0.15, 0.2) is 0 Å². The van der Waals surface area contributed by atoms with Crippen LogP contribution in [0.5, 0.6) is 0 Å². The van der Waals surface area contributed by atoms with Gasteiger partial charge in [0.05, 0.1) is 0 Å². The zero-order valence-corrected chi connectivity index (χ0v) is 15.4. The van der Waals surface area contributed by atoms with E-state index in [-0.39, 0.29) is 11.2 Å². The Morgan fingerprint density at radius 3 is 2.43 bits per heavy atom. The lowest BCUT2D eigenvalue weighted by molar-refractivity contribution is -0.121. The minimum Gasteiger partial charge on any atom is -0.772 e. The predicted octanol–water partition coefficient (Wildman–Crippen LogP) is 2.59. The standard InChI is InChI=1S/C16H34N2O4S/c1-3-10-15(23(21)22)11-7-5-4-6-8-12-16(19)17-13-9-14-18(2)20/h15,20H,3-14H2,1-2H3,(H,17,19)(H,21,22)/p-1. The van der Waals surface area contributed by atoms with Crippen molar-refractivity contribution in [3.63, 3.8) is 0 Å². The molecule has 0 aliphatic rings. The van der Waals surface area contributed by atoms with Crippen LogP contribution in [0.4, 0.5) is 0 Å². The van der Waals surface area contributed by atoms with Crippen molar-refractivity contribution in [1.82, 2.24) is 10.4 Å². The molecule has 23 heavy (non-hydrogen) atoms. The van der Waals surface area contributed by atoms with Crippen molar-refractivity contribution >= 4 is 17.0 Å². The normalized spacial score (nSPS) is 14.0. The number of rotatable bonds is 15. The van der Waals surface area contributed by atoms with Crippen LogP contribution in [0.15, 0.2) is 0 Å². The largest absolute Gasteiger partial charge is 0.772 e. The van der Waals surface area contributed by atoms with Gasteiger partial charge in [0.1, 0.15) is 0 Å². The second-order valence-corrected chi connectivity index (χ2v) is 7.25. The molecule has 2 atom stereocenters. The monoisotopic (exact) mass is 349 g/mol. The van der Waals surface area contributed by atoms with Gasteiger partial charge in [-0.3, -0.25) is 9.00 Å². The molecular formula is C16H33N2O4S-. The number of hydrogen-bond acceptors (Lipinski definition) is 5. The fourth-order valence-corrected chi connectivity index (χ4v) is 3.26. The van der Waals surface area contributed by atoms with E-state index in [0.717, 1.165) is 62.9 Å². The Morgan fingerprint density at radius 2 is 1.83 bits per heavy atom. The molecule has 2 N–H and O–H groups in total. The van der Waals surface area contributed by atoms with Gasteiger partial charge < -0.3 is 15.1 Å². The van der Waals surface area contributed by atoms with Crippen molar-refractivity contribution in [2.75, 3.05) is 20.1 Å². The molecule has 0 radical (unpaired) electrons. The molecule has 0 aliphatic carbocycles. The summed E-state index contributed by atoms with van der Waals surface area (Å²) in [5, 5.41) is 12.7. The lowest BCUT2D eigenvalue weighted by Gasteiger charge is -2.18. The van der Waals surface area contributed by atoms with Gasteiger partial charge >= 0.3 is 0 Å². The molecule has 0 saturated heterocycles. The average molecular weight is 350 g/mol. The van der Waals surface area contributed by atoms with Gasteiger partial charge in [-0.15, -0.1) is 0 Å². The molecule has 0 aromatic heterocycles. The van der Waals surface area contributed by atoms with Crippen LogP contribution >= 0.6 is 0 Å². The smallest absolute Gasteiger partial charge is 0.219 e. The Labute approximate surface area is 143 Å². The van der Waals surface area contributed by atoms with Gasteiger partial charge in [0.25, 0.3) is 0 Å². The molecule has 0 saturated carbocycles. The van der Waals surface area contributed by atoms with Gasteiger partial charge in [-0.2, -0.15) is 5.06 Å². The van der Waals surface area contributed by atoms with Crippen molar-refractivity contribution in [2.45, 2.75) is 76.4 Å². The number of nitrogens with one attached hydrogen (secondary N) is 1. The third kappa shape index (κ3) is 14.8. The van der Waals surface area contributed by atoms with E-state index < -0.39 is 11.1 Å². The van der Waals surface area contributed by atoms with Crippen molar-refractivity contribution in [2.24, 2.45) is 0 Å². The first-order valence-electron chi connectivity index (χ1n) is 8.72. The zero-order valence-electron chi connectivity index (χ0n) is 14.6. The van der Waals surface area contributed by atoms with Crippen LogP contribution in [0.25, 0.3) is 0 Å². The van der Waals surface area contributed by atoms with Gasteiger partial charge in [0.2, 0.25) is 5.91 Å². The highest BCUT2D eigenvalue weighted by molar-refractivity contribution is 7.79. The maximum atomic E-state index is 11.6. The molecule has 2 unspecified atom stereocenters. The minimum atomic E-state index is -1.95. The van der Waals surface area contributed by atoms with E-state index >= 15 is 0 Å². The Balaban J connectivity index is 3.44. The number of hydrogen-bond donors (Lipinski definition) is 2. The third-order valence-corrected chi connectivity index (χ3v) is 4.81. The van der Waals surface area contributed by atoms with Gasteiger partial charge in [-0.05, 0) is 25.7 Å². The highest BCUT2D eigenvalue weighted by atomic mass is 32.2. The number of amides is 1. The summed E-state index contributed by atoms with van der Waals surface area (Å²) in [5.74, 6) is 0.0651. The summed E-state index contributed by atoms with van der Waals surface area (Å²) >= 11 is -1.95. The molecule has 6 nitrogen and oxygen atoms in total.